The Balaban J connectivity index is 2.45. The van der Waals surface area contributed by atoms with Crippen LogP contribution in [0.4, 0.5) is 5.69 Å². The molecule has 0 saturated carbocycles. The predicted octanol–water partition coefficient (Wildman–Crippen LogP) is 1.90. The van der Waals surface area contributed by atoms with E-state index in [2.05, 4.69) is 5.32 Å². The van der Waals surface area contributed by atoms with Crippen molar-refractivity contribution in [2.45, 2.75) is 26.2 Å². The van der Waals surface area contributed by atoms with E-state index in [9.17, 15) is 9.59 Å². The molecule has 0 heterocycles. The van der Waals surface area contributed by atoms with Crippen molar-refractivity contribution in [1.29, 1.82) is 0 Å². The molecule has 0 bridgehead atoms. The second-order valence-electron chi connectivity index (χ2n) is 5.04. The van der Waals surface area contributed by atoms with Crippen molar-refractivity contribution < 1.29 is 19.4 Å². The Labute approximate surface area is 124 Å². The van der Waals surface area contributed by atoms with Crippen LogP contribution in [0.3, 0.4) is 0 Å². The van der Waals surface area contributed by atoms with Crippen LogP contribution in [0.15, 0.2) is 18.2 Å². The molecule has 0 radical (unpaired) electrons. The van der Waals surface area contributed by atoms with Gasteiger partial charge in [0.15, 0.2) is 0 Å². The fourth-order valence-corrected chi connectivity index (χ4v) is 1.90. The maximum Gasteiger partial charge on any atom is 0.303 e. The molecule has 0 aliphatic heterocycles. The molecule has 0 spiro atoms. The lowest BCUT2D eigenvalue weighted by molar-refractivity contribution is -0.137. The Morgan fingerprint density at radius 3 is 2.71 bits per heavy atom. The number of aliphatic carboxylic acids is 1. The highest BCUT2D eigenvalue weighted by molar-refractivity contribution is 5.99. The summed E-state index contributed by atoms with van der Waals surface area (Å²) in [6, 6.07) is 4.92. The van der Waals surface area contributed by atoms with Crippen LogP contribution in [-0.4, -0.2) is 30.6 Å². The summed E-state index contributed by atoms with van der Waals surface area (Å²) in [7, 11) is 1.53. The second kappa shape index (κ2) is 8.14. The maximum atomic E-state index is 12.0. The summed E-state index contributed by atoms with van der Waals surface area (Å²) >= 11 is 0. The van der Waals surface area contributed by atoms with Gasteiger partial charge in [0.2, 0.25) is 0 Å². The summed E-state index contributed by atoms with van der Waals surface area (Å²) in [6.45, 7) is 2.45. The number of nitrogens with two attached hydrogens (primary N) is 1. The molecule has 1 rings (SSSR count). The minimum atomic E-state index is -0.796. The second-order valence-corrected chi connectivity index (χ2v) is 5.04. The first-order valence-corrected chi connectivity index (χ1v) is 6.87. The van der Waals surface area contributed by atoms with E-state index >= 15 is 0 Å². The molecule has 0 saturated heterocycles. The zero-order valence-corrected chi connectivity index (χ0v) is 12.4. The van der Waals surface area contributed by atoms with E-state index in [0.29, 0.717) is 30.0 Å². The van der Waals surface area contributed by atoms with Crippen molar-refractivity contribution in [3.05, 3.63) is 23.8 Å². The summed E-state index contributed by atoms with van der Waals surface area (Å²) in [5.74, 6) is -0.236. The van der Waals surface area contributed by atoms with Crippen molar-refractivity contribution in [2.24, 2.45) is 5.92 Å². The molecule has 6 heteroatoms. The highest BCUT2D eigenvalue weighted by Crippen LogP contribution is 2.19. The Bertz CT molecular complexity index is 502. The highest BCUT2D eigenvalue weighted by Gasteiger charge is 2.11. The number of hydrogen-bond acceptors (Lipinski definition) is 4. The number of hydrogen-bond donors (Lipinski definition) is 3. The number of carboxylic acid groups (broad SMARTS) is 1. The number of ether oxygens (including phenoxy) is 1. The number of rotatable bonds is 8. The molecular formula is C15H22N2O4. The minimum Gasteiger partial charge on any atom is -0.497 e. The number of amides is 1. The lowest BCUT2D eigenvalue weighted by atomic mass is 10.0. The largest absolute Gasteiger partial charge is 0.497 e. The fraction of sp³-hybridized carbons (Fsp3) is 0.467. The van der Waals surface area contributed by atoms with E-state index in [1.807, 2.05) is 6.92 Å². The van der Waals surface area contributed by atoms with Crippen LogP contribution in [0.1, 0.15) is 36.5 Å². The van der Waals surface area contributed by atoms with Crippen molar-refractivity contribution in [2.75, 3.05) is 19.4 Å². The number of carboxylic acids is 1. The van der Waals surface area contributed by atoms with E-state index in [-0.39, 0.29) is 18.2 Å². The van der Waals surface area contributed by atoms with Gasteiger partial charge in [-0.3, -0.25) is 9.59 Å². The molecule has 1 aromatic rings. The Hall–Kier alpha value is -2.24. The lowest BCUT2D eigenvalue weighted by Crippen LogP contribution is -2.26. The molecule has 0 aliphatic rings. The third-order valence-corrected chi connectivity index (χ3v) is 3.28. The number of nitrogens with one attached hydrogen (secondary N) is 1. The Morgan fingerprint density at radius 1 is 1.38 bits per heavy atom. The number of carbonyl (C=O) groups is 2. The first-order chi connectivity index (χ1) is 9.93. The third kappa shape index (κ3) is 5.72. The molecule has 1 unspecified atom stereocenters. The molecule has 1 atom stereocenters. The first-order valence-electron chi connectivity index (χ1n) is 6.87. The van der Waals surface area contributed by atoms with Gasteiger partial charge in [0, 0.05) is 18.7 Å². The van der Waals surface area contributed by atoms with Gasteiger partial charge in [-0.2, -0.15) is 0 Å². The standard InChI is InChI=1S/C15H22N2O4/c1-10(3-6-14(18)19)7-8-17-15(20)12-9-11(21-2)4-5-13(12)16/h4-5,9-10H,3,6-8,16H2,1-2H3,(H,17,20)(H,18,19). The summed E-state index contributed by atoms with van der Waals surface area (Å²) in [4.78, 5) is 22.5. The number of methoxy groups -OCH3 is 1. The number of nitrogen functional groups attached to an aromatic ring is 1. The van der Waals surface area contributed by atoms with Gasteiger partial charge in [-0.05, 0) is 37.0 Å². The van der Waals surface area contributed by atoms with Crippen molar-refractivity contribution in [3.8, 4) is 5.75 Å². The van der Waals surface area contributed by atoms with Gasteiger partial charge < -0.3 is 20.9 Å². The van der Waals surface area contributed by atoms with Gasteiger partial charge in [-0.15, -0.1) is 0 Å². The van der Waals surface area contributed by atoms with Crippen LogP contribution in [-0.2, 0) is 4.79 Å². The smallest absolute Gasteiger partial charge is 0.303 e. The predicted molar refractivity (Wildman–Crippen MR) is 80.4 cm³/mol. The fourth-order valence-electron chi connectivity index (χ4n) is 1.90. The topological polar surface area (TPSA) is 102 Å². The lowest BCUT2D eigenvalue weighted by Gasteiger charge is -2.12. The van der Waals surface area contributed by atoms with E-state index in [4.69, 9.17) is 15.6 Å². The Kier molecular flexibility index (Phi) is 6.52. The van der Waals surface area contributed by atoms with Gasteiger partial charge in [0.25, 0.3) is 5.91 Å². The first kappa shape index (κ1) is 16.8. The summed E-state index contributed by atoms with van der Waals surface area (Å²) in [5, 5.41) is 11.4. The number of benzene rings is 1. The highest BCUT2D eigenvalue weighted by atomic mass is 16.5. The third-order valence-electron chi connectivity index (χ3n) is 3.28. The zero-order chi connectivity index (χ0) is 15.8. The summed E-state index contributed by atoms with van der Waals surface area (Å²) in [6.07, 6.45) is 1.48. The van der Waals surface area contributed by atoms with Gasteiger partial charge in [0.1, 0.15) is 5.75 Å². The molecule has 116 valence electrons. The van der Waals surface area contributed by atoms with E-state index in [0.717, 1.165) is 6.42 Å². The number of anilines is 1. The van der Waals surface area contributed by atoms with E-state index in [1.165, 1.54) is 7.11 Å². The Morgan fingerprint density at radius 2 is 2.10 bits per heavy atom. The van der Waals surface area contributed by atoms with Crippen LogP contribution in [0.5, 0.6) is 5.75 Å². The number of carbonyl (C=O) groups excluding carboxylic acids is 1. The zero-order valence-electron chi connectivity index (χ0n) is 12.4. The van der Waals surface area contributed by atoms with Gasteiger partial charge in [0.05, 0.1) is 12.7 Å². The molecule has 4 N–H and O–H groups in total. The molecule has 1 aromatic carbocycles. The minimum absolute atomic E-state index is 0.151. The summed E-state index contributed by atoms with van der Waals surface area (Å²) < 4.78 is 5.07. The maximum absolute atomic E-state index is 12.0. The van der Waals surface area contributed by atoms with E-state index in [1.54, 1.807) is 18.2 Å². The quantitative estimate of drug-likeness (QED) is 0.636. The van der Waals surface area contributed by atoms with Crippen LogP contribution in [0.2, 0.25) is 0 Å². The van der Waals surface area contributed by atoms with Crippen molar-refractivity contribution in [1.82, 2.24) is 5.32 Å². The monoisotopic (exact) mass is 294 g/mol. The SMILES string of the molecule is COc1ccc(N)c(C(=O)NCCC(C)CCC(=O)O)c1. The summed E-state index contributed by atoms with van der Waals surface area (Å²) in [5.41, 5.74) is 6.55. The van der Waals surface area contributed by atoms with Crippen LogP contribution < -0.4 is 15.8 Å². The molecular weight excluding hydrogens is 272 g/mol. The van der Waals surface area contributed by atoms with Crippen LogP contribution in [0, 0.1) is 5.92 Å². The molecule has 0 aromatic heterocycles. The molecule has 6 nitrogen and oxygen atoms in total. The molecule has 1 amide bonds. The van der Waals surface area contributed by atoms with Gasteiger partial charge >= 0.3 is 5.97 Å². The van der Waals surface area contributed by atoms with Crippen molar-refractivity contribution >= 4 is 17.6 Å². The molecule has 0 aliphatic carbocycles. The molecule has 21 heavy (non-hydrogen) atoms. The normalized spacial score (nSPS) is 11.7. The van der Waals surface area contributed by atoms with Gasteiger partial charge in [-0.25, -0.2) is 0 Å². The van der Waals surface area contributed by atoms with Crippen LogP contribution >= 0.6 is 0 Å². The average molecular weight is 294 g/mol. The average Bonchev–Trinajstić information content (AvgIpc) is 2.45. The van der Waals surface area contributed by atoms with Crippen molar-refractivity contribution in [3.63, 3.8) is 0 Å². The van der Waals surface area contributed by atoms with Gasteiger partial charge in [-0.1, -0.05) is 6.92 Å². The van der Waals surface area contributed by atoms with Crippen LogP contribution in [0.25, 0.3) is 0 Å². The molecule has 0 fully saturated rings. The van der Waals surface area contributed by atoms with E-state index < -0.39 is 5.97 Å².